The van der Waals surface area contributed by atoms with E-state index in [-0.39, 0.29) is 18.4 Å². The second-order valence-corrected chi connectivity index (χ2v) is 3.56. The Morgan fingerprint density at radius 1 is 1.40 bits per heavy atom. The van der Waals surface area contributed by atoms with Gasteiger partial charge in [-0.05, 0) is 12.8 Å². The Kier molecular flexibility index (Phi) is 6.70. The van der Waals surface area contributed by atoms with Gasteiger partial charge in [-0.3, -0.25) is 9.59 Å². The summed E-state index contributed by atoms with van der Waals surface area (Å²) >= 11 is 0. The van der Waals surface area contributed by atoms with Crippen molar-refractivity contribution in [2.75, 3.05) is 20.1 Å². The molecule has 0 heterocycles. The number of hydrogen-bond donors (Lipinski definition) is 2. The molecular formula is C10H21N3O2. The monoisotopic (exact) mass is 215 g/mol. The molecule has 0 spiro atoms. The van der Waals surface area contributed by atoms with E-state index < -0.39 is 6.04 Å². The quantitative estimate of drug-likeness (QED) is 0.639. The van der Waals surface area contributed by atoms with Crippen LogP contribution in [0.5, 0.6) is 0 Å². The van der Waals surface area contributed by atoms with Crippen LogP contribution in [0.1, 0.15) is 26.7 Å². The molecule has 0 aliphatic rings. The largest absolute Gasteiger partial charge is 0.355 e. The number of nitrogens with two attached hydrogens (primary N) is 1. The van der Waals surface area contributed by atoms with E-state index >= 15 is 0 Å². The minimum atomic E-state index is -0.506. The van der Waals surface area contributed by atoms with Crippen LogP contribution >= 0.6 is 0 Å². The van der Waals surface area contributed by atoms with E-state index in [1.165, 1.54) is 4.90 Å². The Balaban J connectivity index is 3.96. The lowest BCUT2D eigenvalue weighted by atomic mass is 10.2. The molecule has 2 amide bonds. The molecule has 88 valence electrons. The average molecular weight is 215 g/mol. The Bertz CT molecular complexity index is 219. The average Bonchev–Trinajstić information content (AvgIpc) is 2.23. The van der Waals surface area contributed by atoms with Gasteiger partial charge in [0.15, 0.2) is 0 Å². The molecule has 15 heavy (non-hydrogen) atoms. The Morgan fingerprint density at radius 3 is 2.47 bits per heavy atom. The van der Waals surface area contributed by atoms with Gasteiger partial charge < -0.3 is 16.0 Å². The van der Waals surface area contributed by atoms with Gasteiger partial charge in [-0.25, -0.2) is 0 Å². The fourth-order valence-electron chi connectivity index (χ4n) is 1.07. The molecule has 0 aromatic carbocycles. The highest BCUT2D eigenvalue weighted by Crippen LogP contribution is 1.93. The molecule has 0 saturated carbocycles. The third-order valence-corrected chi connectivity index (χ3v) is 2.09. The lowest BCUT2D eigenvalue weighted by Gasteiger charge is -2.19. The molecule has 0 aliphatic carbocycles. The number of carbonyl (C=O) groups is 2. The molecule has 0 aliphatic heterocycles. The third-order valence-electron chi connectivity index (χ3n) is 2.09. The number of hydrogen-bond acceptors (Lipinski definition) is 3. The summed E-state index contributed by atoms with van der Waals surface area (Å²) < 4.78 is 0. The molecular weight excluding hydrogens is 194 g/mol. The predicted octanol–water partition coefficient (Wildman–Crippen LogP) is -0.292. The molecule has 3 N–H and O–H groups in total. The summed E-state index contributed by atoms with van der Waals surface area (Å²) in [4.78, 5) is 24.1. The second kappa shape index (κ2) is 7.23. The summed E-state index contributed by atoms with van der Waals surface area (Å²) in [5, 5.41) is 2.70. The van der Waals surface area contributed by atoms with Crippen molar-refractivity contribution in [2.24, 2.45) is 5.73 Å². The topological polar surface area (TPSA) is 75.4 Å². The molecule has 0 bridgehead atoms. The summed E-state index contributed by atoms with van der Waals surface area (Å²) in [6.45, 7) is 4.53. The van der Waals surface area contributed by atoms with Crippen LogP contribution in [0.2, 0.25) is 0 Å². The lowest BCUT2D eigenvalue weighted by molar-refractivity contribution is -0.135. The minimum Gasteiger partial charge on any atom is -0.355 e. The standard InChI is InChI=1S/C10H21N3O2/c1-4-6-12-9(14)7-13(3)10(15)8(11)5-2/h8H,4-7,11H2,1-3H3,(H,12,14). The van der Waals surface area contributed by atoms with E-state index in [2.05, 4.69) is 5.32 Å². The SMILES string of the molecule is CCCNC(=O)CN(C)C(=O)C(N)CC. The van der Waals surface area contributed by atoms with Gasteiger partial charge in [-0.15, -0.1) is 0 Å². The first-order valence-corrected chi connectivity index (χ1v) is 5.30. The molecule has 5 heteroatoms. The lowest BCUT2D eigenvalue weighted by Crippen LogP contribution is -2.45. The van der Waals surface area contributed by atoms with Crippen LogP contribution in [-0.4, -0.2) is 42.9 Å². The molecule has 0 saturated heterocycles. The number of likely N-dealkylation sites (N-methyl/N-ethyl adjacent to an activating group) is 1. The van der Waals surface area contributed by atoms with E-state index in [0.29, 0.717) is 13.0 Å². The van der Waals surface area contributed by atoms with Gasteiger partial charge in [-0.2, -0.15) is 0 Å². The Hall–Kier alpha value is -1.10. The number of rotatable bonds is 6. The van der Waals surface area contributed by atoms with Crippen molar-refractivity contribution in [1.82, 2.24) is 10.2 Å². The van der Waals surface area contributed by atoms with E-state index in [1.54, 1.807) is 7.05 Å². The van der Waals surface area contributed by atoms with Crippen LogP contribution in [0.3, 0.4) is 0 Å². The van der Waals surface area contributed by atoms with Crippen LogP contribution < -0.4 is 11.1 Å². The highest BCUT2D eigenvalue weighted by Gasteiger charge is 2.17. The van der Waals surface area contributed by atoms with Gasteiger partial charge in [0.2, 0.25) is 11.8 Å². The van der Waals surface area contributed by atoms with Crippen LogP contribution in [0.25, 0.3) is 0 Å². The third kappa shape index (κ3) is 5.37. The highest BCUT2D eigenvalue weighted by molar-refractivity contribution is 5.87. The van der Waals surface area contributed by atoms with Crippen LogP contribution in [0.15, 0.2) is 0 Å². The van der Waals surface area contributed by atoms with Crippen LogP contribution in [0.4, 0.5) is 0 Å². The first kappa shape index (κ1) is 13.9. The molecule has 1 atom stereocenters. The highest BCUT2D eigenvalue weighted by atomic mass is 16.2. The predicted molar refractivity (Wildman–Crippen MR) is 59.2 cm³/mol. The fraction of sp³-hybridized carbons (Fsp3) is 0.800. The minimum absolute atomic E-state index is 0.0759. The van der Waals surface area contributed by atoms with Gasteiger partial charge in [0, 0.05) is 13.6 Å². The first-order valence-electron chi connectivity index (χ1n) is 5.30. The van der Waals surface area contributed by atoms with Gasteiger partial charge >= 0.3 is 0 Å². The maximum Gasteiger partial charge on any atom is 0.239 e. The Morgan fingerprint density at radius 2 is 2.00 bits per heavy atom. The Labute approximate surface area is 91.0 Å². The summed E-state index contributed by atoms with van der Waals surface area (Å²) in [5.41, 5.74) is 5.57. The van der Waals surface area contributed by atoms with Crippen molar-refractivity contribution < 1.29 is 9.59 Å². The number of amides is 2. The molecule has 5 nitrogen and oxygen atoms in total. The van der Waals surface area contributed by atoms with Crippen molar-refractivity contribution >= 4 is 11.8 Å². The van der Waals surface area contributed by atoms with E-state index in [1.807, 2.05) is 13.8 Å². The molecule has 0 fully saturated rings. The maximum absolute atomic E-state index is 11.5. The molecule has 0 aromatic rings. The summed E-state index contributed by atoms with van der Waals surface area (Å²) in [6, 6.07) is -0.506. The van der Waals surface area contributed by atoms with Crippen molar-refractivity contribution in [3.05, 3.63) is 0 Å². The number of nitrogens with zero attached hydrogens (tertiary/aromatic N) is 1. The number of nitrogens with one attached hydrogen (secondary N) is 1. The van der Waals surface area contributed by atoms with E-state index in [9.17, 15) is 9.59 Å². The molecule has 0 rings (SSSR count). The van der Waals surface area contributed by atoms with Gasteiger partial charge in [0.05, 0.1) is 12.6 Å². The second-order valence-electron chi connectivity index (χ2n) is 3.56. The zero-order valence-corrected chi connectivity index (χ0v) is 9.75. The van der Waals surface area contributed by atoms with E-state index in [4.69, 9.17) is 5.73 Å². The van der Waals surface area contributed by atoms with Crippen LogP contribution in [-0.2, 0) is 9.59 Å². The van der Waals surface area contributed by atoms with Crippen molar-refractivity contribution in [1.29, 1.82) is 0 Å². The summed E-state index contributed by atoms with van der Waals surface area (Å²) in [6.07, 6.45) is 1.47. The van der Waals surface area contributed by atoms with Crippen molar-refractivity contribution in [2.45, 2.75) is 32.7 Å². The summed E-state index contributed by atoms with van der Waals surface area (Å²) in [5.74, 6) is -0.333. The normalized spacial score (nSPS) is 12.0. The van der Waals surface area contributed by atoms with Gasteiger partial charge in [-0.1, -0.05) is 13.8 Å². The van der Waals surface area contributed by atoms with Gasteiger partial charge in [0.1, 0.15) is 0 Å². The zero-order chi connectivity index (χ0) is 11.8. The molecule has 0 radical (unpaired) electrons. The maximum atomic E-state index is 11.5. The molecule has 1 unspecified atom stereocenters. The zero-order valence-electron chi connectivity index (χ0n) is 9.75. The van der Waals surface area contributed by atoms with Crippen LogP contribution in [0, 0.1) is 0 Å². The molecule has 0 aromatic heterocycles. The van der Waals surface area contributed by atoms with E-state index in [0.717, 1.165) is 6.42 Å². The number of carbonyl (C=O) groups excluding carboxylic acids is 2. The van der Waals surface area contributed by atoms with Gasteiger partial charge in [0.25, 0.3) is 0 Å². The fourth-order valence-corrected chi connectivity index (χ4v) is 1.07. The summed E-state index contributed by atoms with van der Waals surface area (Å²) in [7, 11) is 1.59. The first-order chi connectivity index (χ1) is 7.02. The van der Waals surface area contributed by atoms with Crippen molar-refractivity contribution in [3.63, 3.8) is 0 Å². The van der Waals surface area contributed by atoms with Crippen molar-refractivity contribution in [3.8, 4) is 0 Å². The smallest absolute Gasteiger partial charge is 0.239 e.